The number of carbonyl (C=O) groups excluding carboxylic acids is 1. The molecule has 3 rings (SSSR count). The van der Waals surface area contributed by atoms with Crippen LogP contribution in [0.25, 0.3) is 10.2 Å². The van der Waals surface area contributed by atoms with Gasteiger partial charge in [0.05, 0.1) is 21.7 Å². The number of ether oxygens (including phenoxy) is 1. The van der Waals surface area contributed by atoms with E-state index in [1.807, 2.05) is 24.3 Å². The highest BCUT2D eigenvalue weighted by atomic mass is 32.2. The molecule has 0 fully saturated rings. The van der Waals surface area contributed by atoms with Crippen molar-refractivity contribution in [2.24, 2.45) is 0 Å². The summed E-state index contributed by atoms with van der Waals surface area (Å²) in [6, 6.07) is 12.7. The molecule has 3 aromatic rings. The van der Waals surface area contributed by atoms with Crippen LogP contribution in [0.5, 0.6) is 5.75 Å². The Morgan fingerprint density at radius 2 is 1.93 bits per heavy atom. The quantitative estimate of drug-likeness (QED) is 0.558. The van der Waals surface area contributed by atoms with Gasteiger partial charge >= 0.3 is 0 Å². The van der Waals surface area contributed by atoms with Crippen LogP contribution < -0.4 is 10.1 Å². The van der Waals surface area contributed by atoms with E-state index >= 15 is 0 Å². The Morgan fingerprint density at radius 3 is 2.61 bits per heavy atom. The number of rotatable bonds is 8. The number of carbonyl (C=O) groups is 1. The number of hydrogen-bond donors (Lipinski definition) is 1. The van der Waals surface area contributed by atoms with Gasteiger partial charge in [-0.05, 0) is 48.7 Å². The summed E-state index contributed by atoms with van der Waals surface area (Å²) in [7, 11) is -3.27. The van der Waals surface area contributed by atoms with Gasteiger partial charge in [0, 0.05) is 12.7 Å². The highest BCUT2D eigenvalue weighted by Gasteiger charge is 2.12. The van der Waals surface area contributed by atoms with E-state index in [-0.39, 0.29) is 10.8 Å². The van der Waals surface area contributed by atoms with Crippen molar-refractivity contribution in [1.29, 1.82) is 0 Å². The van der Waals surface area contributed by atoms with E-state index in [4.69, 9.17) is 4.74 Å². The van der Waals surface area contributed by atoms with E-state index < -0.39 is 9.84 Å². The Bertz CT molecular complexity index is 1070. The SMILES string of the molecule is CCc1ccc(OCCCC(=O)Nc2nc3ccc(S(C)(=O)=O)cc3s2)cc1. The van der Waals surface area contributed by atoms with Crippen LogP contribution in [0, 0.1) is 0 Å². The van der Waals surface area contributed by atoms with Crippen LogP contribution in [0.15, 0.2) is 47.4 Å². The minimum absolute atomic E-state index is 0.146. The zero-order chi connectivity index (χ0) is 20.1. The summed E-state index contributed by atoms with van der Waals surface area (Å²) in [6.07, 6.45) is 3.06. The number of fused-ring (bicyclic) bond motifs is 1. The van der Waals surface area contributed by atoms with Crippen LogP contribution in [0.4, 0.5) is 5.13 Å². The van der Waals surface area contributed by atoms with Gasteiger partial charge in [-0.3, -0.25) is 4.79 Å². The number of nitrogens with one attached hydrogen (secondary N) is 1. The zero-order valence-corrected chi connectivity index (χ0v) is 17.4. The summed E-state index contributed by atoms with van der Waals surface area (Å²) < 4.78 is 29.7. The van der Waals surface area contributed by atoms with Gasteiger partial charge in [-0.25, -0.2) is 13.4 Å². The fraction of sp³-hybridized carbons (Fsp3) is 0.300. The standard InChI is InChI=1S/C20H22N2O4S2/c1-3-14-6-8-15(9-7-14)26-12-4-5-19(23)22-20-21-17-11-10-16(28(2,24)25)13-18(17)27-20/h6-11,13H,3-5,12H2,1-2H3,(H,21,22,23). The van der Waals surface area contributed by atoms with Crippen LogP contribution in [-0.2, 0) is 21.1 Å². The topological polar surface area (TPSA) is 85.4 Å². The normalized spacial score (nSPS) is 11.5. The van der Waals surface area contributed by atoms with E-state index in [9.17, 15) is 13.2 Å². The first-order chi connectivity index (χ1) is 13.3. The molecule has 0 atom stereocenters. The number of sulfone groups is 1. The molecule has 8 heteroatoms. The molecule has 1 aromatic heterocycles. The van der Waals surface area contributed by atoms with E-state index in [1.54, 1.807) is 12.1 Å². The third-order valence-corrected chi connectivity index (χ3v) is 6.23. The van der Waals surface area contributed by atoms with E-state index in [0.717, 1.165) is 23.1 Å². The van der Waals surface area contributed by atoms with Crippen molar-refractivity contribution < 1.29 is 17.9 Å². The smallest absolute Gasteiger partial charge is 0.226 e. The van der Waals surface area contributed by atoms with Crippen LogP contribution in [0.1, 0.15) is 25.3 Å². The van der Waals surface area contributed by atoms with E-state index in [2.05, 4.69) is 17.2 Å². The van der Waals surface area contributed by atoms with Crippen molar-refractivity contribution in [3.63, 3.8) is 0 Å². The number of nitrogens with zero attached hydrogens (tertiary/aromatic N) is 1. The number of anilines is 1. The minimum atomic E-state index is -3.27. The molecule has 6 nitrogen and oxygen atoms in total. The van der Waals surface area contributed by atoms with Gasteiger partial charge in [0.25, 0.3) is 0 Å². The van der Waals surface area contributed by atoms with Gasteiger partial charge in [-0.1, -0.05) is 30.4 Å². The third-order valence-electron chi connectivity index (χ3n) is 4.18. The zero-order valence-electron chi connectivity index (χ0n) is 15.8. The number of thiazole rings is 1. The first-order valence-electron chi connectivity index (χ1n) is 8.97. The van der Waals surface area contributed by atoms with Gasteiger partial charge in [-0.15, -0.1) is 0 Å². The predicted octanol–water partition coefficient (Wildman–Crippen LogP) is 4.06. The van der Waals surface area contributed by atoms with Gasteiger partial charge in [0.15, 0.2) is 15.0 Å². The largest absolute Gasteiger partial charge is 0.494 e. The molecule has 0 saturated heterocycles. The molecule has 0 aliphatic carbocycles. The monoisotopic (exact) mass is 418 g/mol. The second-order valence-electron chi connectivity index (χ2n) is 6.42. The average molecular weight is 419 g/mol. The highest BCUT2D eigenvalue weighted by Crippen LogP contribution is 2.28. The summed E-state index contributed by atoms with van der Waals surface area (Å²) in [5.41, 5.74) is 1.91. The second-order valence-corrected chi connectivity index (χ2v) is 9.46. The Kier molecular flexibility index (Phi) is 6.31. The molecule has 0 bridgehead atoms. The number of hydrogen-bond acceptors (Lipinski definition) is 6. The second kappa shape index (κ2) is 8.70. The Hall–Kier alpha value is -2.45. The van der Waals surface area contributed by atoms with Crippen molar-refractivity contribution >= 4 is 42.4 Å². The summed E-state index contributed by atoms with van der Waals surface area (Å²) in [4.78, 5) is 16.7. The number of aromatic nitrogens is 1. The molecule has 148 valence electrons. The van der Waals surface area contributed by atoms with Crippen LogP contribution in [0.2, 0.25) is 0 Å². The Labute approximate surface area is 168 Å². The molecule has 1 heterocycles. The summed E-state index contributed by atoms with van der Waals surface area (Å²) in [6.45, 7) is 2.56. The summed E-state index contributed by atoms with van der Waals surface area (Å²) in [5, 5.41) is 3.23. The molecular formula is C20H22N2O4S2. The van der Waals surface area contributed by atoms with Crippen molar-refractivity contribution in [2.75, 3.05) is 18.2 Å². The molecule has 0 aliphatic rings. The average Bonchev–Trinajstić information content (AvgIpc) is 3.06. The van der Waals surface area contributed by atoms with E-state index in [0.29, 0.717) is 30.1 Å². The molecule has 28 heavy (non-hydrogen) atoms. The van der Waals surface area contributed by atoms with Crippen LogP contribution in [0.3, 0.4) is 0 Å². The molecule has 1 amide bonds. The number of aryl methyl sites for hydroxylation is 1. The van der Waals surface area contributed by atoms with Crippen molar-refractivity contribution in [3.8, 4) is 5.75 Å². The van der Waals surface area contributed by atoms with Crippen molar-refractivity contribution in [1.82, 2.24) is 4.98 Å². The number of benzene rings is 2. The predicted molar refractivity (Wildman–Crippen MR) is 112 cm³/mol. The Balaban J connectivity index is 1.50. The maximum Gasteiger partial charge on any atom is 0.226 e. The molecule has 0 unspecified atom stereocenters. The fourth-order valence-electron chi connectivity index (χ4n) is 2.61. The Morgan fingerprint density at radius 1 is 1.18 bits per heavy atom. The maximum absolute atomic E-state index is 12.1. The lowest BCUT2D eigenvalue weighted by Crippen LogP contribution is -2.12. The minimum Gasteiger partial charge on any atom is -0.494 e. The van der Waals surface area contributed by atoms with E-state index in [1.165, 1.54) is 23.0 Å². The first-order valence-corrected chi connectivity index (χ1v) is 11.7. The molecular weight excluding hydrogens is 396 g/mol. The molecule has 1 N–H and O–H groups in total. The molecule has 0 radical (unpaired) electrons. The maximum atomic E-state index is 12.1. The number of amides is 1. The molecule has 0 spiro atoms. The lowest BCUT2D eigenvalue weighted by atomic mass is 10.2. The van der Waals surface area contributed by atoms with Crippen molar-refractivity contribution in [3.05, 3.63) is 48.0 Å². The third kappa shape index (κ3) is 5.30. The van der Waals surface area contributed by atoms with Crippen LogP contribution >= 0.6 is 11.3 Å². The van der Waals surface area contributed by atoms with Gasteiger partial charge < -0.3 is 10.1 Å². The lowest BCUT2D eigenvalue weighted by Gasteiger charge is -2.06. The van der Waals surface area contributed by atoms with Gasteiger partial charge in [0.1, 0.15) is 5.75 Å². The van der Waals surface area contributed by atoms with Gasteiger partial charge in [-0.2, -0.15) is 0 Å². The summed E-state index contributed by atoms with van der Waals surface area (Å²) in [5.74, 6) is 0.651. The van der Waals surface area contributed by atoms with Crippen LogP contribution in [-0.4, -0.2) is 32.2 Å². The lowest BCUT2D eigenvalue weighted by molar-refractivity contribution is -0.116. The molecule has 0 aliphatic heterocycles. The molecule has 2 aromatic carbocycles. The summed E-state index contributed by atoms with van der Waals surface area (Å²) >= 11 is 1.26. The van der Waals surface area contributed by atoms with Gasteiger partial charge in [0.2, 0.25) is 5.91 Å². The fourth-order valence-corrected chi connectivity index (χ4v) is 4.26. The highest BCUT2D eigenvalue weighted by molar-refractivity contribution is 7.90. The first kappa shape index (κ1) is 20.3. The molecule has 0 saturated carbocycles. The van der Waals surface area contributed by atoms with Crippen molar-refractivity contribution in [2.45, 2.75) is 31.1 Å².